The lowest BCUT2D eigenvalue weighted by Crippen LogP contribution is -2.15. The Balaban J connectivity index is 1.96. The second-order valence-electron chi connectivity index (χ2n) is 5.22. The van der Waals surface area contributed by atoms with Gasteiger partial charge in [-0.1, -0.05) is 41.9 Å². The number of anilines is 1. The first kappa shape index (κ1) is 15.8. The Morgan fingerprint density at radius 2 is 1.87 bits per heavy atom. The fourth-order valence-electron chi connectivity index (χ4n) is 2.58. The Hall–Kier alpha value is -2.08. The van der Waals surface area contributed by atoms with E-state index in [9.17, 15) is 5.11 Å². The van der Waals surface area contributed by atoms with E-state index in [0.29, 0.717) is 29.6 Å². The zero-order valence-electron chi connectivity index (χ0n) is 12.5. The topological polar surface area (TPSA) is 70.3 Å². The molecule has 3 N–H and O–H groups in total. The summed E-state index contributed by atoms with van der Waals surface area (Å²) in [6.45, 7) is 0.722. The smallest absolute Gasteiger partial charge is 0.204 e. The summed E-state index contributed by atoms with van der Waals surface area (Å²) in [6, 6.07) is 15.0. The Labute approximate surface area is 139 Å². The molecular formula is C17H18ClN3O2. The number of nitrogens with zero attached hydrogens (tertiary/aromatic N) is 2. The number of nitrogens with one attached hydrogen (secondary N) is 1. The fourth-order valence-corrected chi connectivity index (χ4v) is 2.84. The van der Waals surface area contributed by atoms with Crippen molar-refractivity contribution in [3.8, 4) is 0 Å². The number of fused-ring (bicyclic) bond motifs is 1. The molecule has 5 nitrogen and oxygen atoms in total. The molecule has 0 spiro atoms. The normalized spacial score (nSPS) is 12.5. The number of hydrogen-bond acceptors (Lipinski definition) is 4. The highest BCUT2D eigenvalue weighted by Crippen LogP contribution is 2.27. The van der Waals surface area contributed by atoms with Gasteiger partial charge in [0.05, 0.1) is 30.3 Å². The van der Waals surface area contributed by atoms with E-state index in [2.05, 4.69) is 10.3 Å². The quantitative estimate of drug-likeness (QED) is 0.649. The third-order valence-corrected chi connectivity index (χ3v) is 4.01. The summed E-state index contributed by atoms with van der Waals surface area (Å²) >= 11 is 6.17. The highest BCUT2D eigenvalue weighted by Gasteiger charge is 2.16. The molecule has 3 rings (SSSR count). The van der Waals surface area contributed by atoms with Crippen molar-refractivity contribution >= 4 is 28.6 Å². The van der Waals surface area contributed by atoms with E-state index in [1.54, 1.807) is 6.07 Å². The van der Waals surface area contributed by atoms with Gasteiger partial charge >= 0.3 is 0 Å². The molecule has 2 aromatic carbocycles. The molecule has 120 valence electrons. The Kier molecular flexibility index (Phi) is 4.81. The summed E-state index contributed by atoms with van der Waals surface area (Å²) < 4.78 is 1.90. The van der Waals surface area contributed by atoms with Crippen LogP contribution in [0.4, 0.5) is 5.95 Å². The van der Waals surface area contributed by atoms with Crippen LogP contribution in [-0.2, 0) is 6.54 Å². The first-order valence-electron chi connectivity index (χ1n) is 7.43. The van der Waals surface area contributed by atoms with Crippen molar-refractivity contribution in [2.75, 3.05) is 18.5 Å². The molecule has 0 amide bonds. The number of halogens is 1. The number of imidazole rings is 1. The third kappa shape index (κ3) is 3.32. The molecule has 6 heteroatoms. The third-order valence-electron chi connectivity index (χ3n) is 3.67. The molecule has 0 fully saturated rings. The Morgan fingerprint density at radius 1 is 1.13 bits per heavy atom. The molecule has 1 heterocycles. The zero-order chi connectivity index (χ0) is 16.2. The molecular weight excluding hydrogens is 314 g/mol. The van der Waals surface area contributed by atoms with Crippen LogP contribution in [0.25, 0.3) is 11.0 Å². The highest BCUT2D eigenvalue weighted by molar-refractivity contribution is 6.31. The maximum Gasteiger partial charge on any atom is 0.204 e. The summed E-state index contributed by atoms with van der Waals surface area (Å²) in [5.74, 6) is 0.617. The van der Waals surface area contributed by atoms with Gasteiger partial charge in [-0.05, 0) is 18.2 Å². The second kappa shape index (κ2) is 7.00. The van der Waals surface area contributed by atoms with E-state index in [1.807, 2.05) is 47.0 Å². The summed E-state index contributed by atoms with van der Waals surface area (Å²) in [6.07, 6.45) is -0.754. The Morgan fingerprint density at radius 3 is 2.65 bits per heavy atom. The van der Waals surface area contributed by atoms with Gasteiger partial charge in [0.15, 0.2) is 0 Å². The van der Waals surface area contributed by atoms with E-state index < -0.39 is 6.10 Å². The maximum atomic E-state index is 10.6. The number of hydrogen-bond donors (Lipinski definition) is 3. The van der Waals surface area contributed by atoms with Gasteiger partial charge in [-0.3, -0.25) is 0 Å². The van der Waals surface area contributed by atoms with Crippen LogP contribution in [0, 0.1) is 0 Å². The predicted molar refractivity (Wildman–Crippen MR) is 91.7 cm³/mol. The van der Waals surface area contributed by atoms with Crippen molar-refractivity contribution < 1.29 is 10.2 Å². The van der Waals surface area contributed by atoms with E-state index >= 15 is 0 Å². The number of aliphatic hydroxyl groups is 2. The van der Waals surface area contributed by atoms with Crippen molar-refractivity contribution in [1.29, 1.82) is 0 Å². The highest BCUT2D eigenvalue weighted by atomic mass is 35.5. The molecule has 0 unspecified atom stereocenters. The average molecular weight is 332 g/mol. The SMILES string of the molecule is OCCNc1nc2ccccc2n1C[C@@H](O)c1ccccc1Cl. The average Bonchev–Trinajstić information content (AvgIpc) is 2.91. The minimum Gasteiger partial charge on any atom is -0.395 e. The maximum absolute atomic E-state index is 10.6. The summed E-state index contributed by atoms with van der Waals surface area (Å²) in [5, 5.41) is 23.2. The number of para-hydroxylation sites is 2. The van der Waals surface area contributed by atoms with Gasteiger partial charge in [0, 0.05) is 17.1 Å². The van der Waals surface area contributed by atoms with Crippen molar-refractivity contribution in [2.24, 2.45) is 0 Å². The van der Waals surface area contributed by atoms with E-state index in [-0.39, 0.29) is 6.61 Å². The molecule has 0 aliphatic rings. The zero-order valence-corrected chi connectivity index (χ0v) is 13.2. The van der Waals surface area contributed by atoms with Crippen LogP contribution in [0.15, 0.2) is 48.5 Å². The minimum atomic E-state index is -0.754. The summed E-state index contributed by atoms with van der Waals surface area (Å²) in [5.41, 5.74) is 2.43. The number of aromatic nitrogens is 2. The number of rotatable bonds is 6. The first-order chi connectivity index (χ1) is 11.2. The predicted octanol–water partition coefficient (Wildman–Crippen LogP) is 2.83. The largest absolute Gasteiger partial charge is 0.395 e. The van der Waals surface area contributed by atoms with Crippen LogP contribution < -0.4 is 5.32 Å². The van der Waals surface area contributed by atoms with Crippen molar-refractivity contribution in [1.82, 2.24) is 9.55 Å². The molecule has 0 bridgehead atoms. The fraction of sp³-hybridized carbons (Fsp3) is 0.235. The van der Waals surface area contributed by atoms with Crippen LogP contribution in [-0.4, -0.2) is 32.9 Å². The number of aliphatic hydroxyl groups excluding tert-OH is 2. The summed E-state index contributed by atoms with van der Waals surface area (Å²) in [4.78, 5) is 4.52. The van der Waals surface area contributed by atoms with Crippen LogP contribution in [0.5, 0.6) is 0 Å². The van der Waals surface area contributed by atoms with Gasteiger partial charge in [-0.15, -0.1) is 0 Å². The van der Waals surface area contributed by atoms with Gasteiger partial charge in [-0.25, -0.2) is 4.98 Å². The molecule has 3 aromatic rings. The molecule has 0 saturated carbocycles. The van der Waals surface area contributed by atoms with Crippen molar-refractivity contribution in [3.63, 3.8) is 0 Å². The first-order valence-corrected chi connectivity index (χ1v) is 7.81. The van der Waals surface area contributed by atoms with Gasteiger partial charge < -0.3 is 20.1 Å². The van der Waals surface area contributed by atoms with Crippen LogP contribution in [0.3, 0.4) is 0 Å². The lowest BCUT2D eigenvalue weighted by Gasteiger charge is -2.16. The molecule has 1 aromatic heterocycles. The van der Waals surface area contributed by atoms with Crippen molar-refractivity contribution in [3.05, 3.63) is 59.1 Å². The summed E-state index contributed by atoms with van der Waals surface area (Å²) in [7, 11) is 0. The molecule has 0 radical (unpaired) electrons. The lowest BCUT2D eigenvalue weighted by atomic mass is 10.1. The lowest BCUT2D eigenvalue weighted by molar-refractivity contribution is 0.158. The molecule has 0 saturated heterocycles. The molecule has 23 heavy (non-hydrogen) atoms. The van der Waals surface area contributed by atoms with Gasteiger partial charge in [0.2, 0.25) is 5.95 Å². The molecule has 1 atom stereocenters. The van der Waals surface area contributed by atoms with Gasteiger partial charge in [0.25, 0.3) is 0 Å². The van der Waals surface area contributed by atoms with Gasteiger partial charge in [0.1, 0.15) is 0 Å². The standard InChI is InChI=1S/C17H18ClN3O2/c18-13-6-2-1-5-12(13)16(23)11-21-15-8-4-3-7-14(15)20-17(21)19-9-10-22/h1-8,16,22-23H,9-11H2,(H,19,20)/t16-/m1/s1. The molecule has 0 aliphatic carbocycles. The minimum absolute atomic E-state index is 0.0102. The van der Waals surface area contributed by atoms with Crippen molar-refractivity contribution in [2.45, 2.75) is 12.6 Å². The number of benzene rings is 2. The van der Waals surface area contributed by atoms with Crippen LogP contribution in [0.2, 0.25) is 5.02 Å². The second-order valence-corrected chi connectivity index (χ2v) is 5.63. The van der Waals surface area contributed by atoms with Crippen LogP contribution >= 0.6 is 11.6 Å². The van der Waals surface area contributed by atoms with E-state index in [0.717, 1.165) is 11.0 Å². The van der Waals surface area contributed by atoms with Gasteiger partial charge in [-0.2, -0.15) is 0 Å². The van der Waals surface area contributed by atoms with Crippen LogP contribution in [0.1, 0.15) is 11.7 Å². The monoisotopic (exact) mass is 331 g/mol. The van der Waals surface area contributed by atoms with E-state index in [4.69, 9.17) is 16.7 Å². The Bertz CT molecular complexity index is 803. The molecule has 0 aliphatic heterocycles. The van der Waals surface area contributed by atoms with E-state index in [1.165, 1.54) is 0 Å².